The number of nitrogens with one attached hydrogen (secondary N) is 1. The van der Waals surface area contributed by atoms with Gasteiger partial charge in [0, 0.05) is 19.0 Å². The third-order valence-corrected chi connectivity index (χ3v) is 5.12. The average Bonchev–Trinajstić information content (AvgIpc) is 2.96. The number of carbonyl (C=O) groups is 2. The summed E-state index contributed by atoms with van der Waals surface area (Å²) in [6.07, 6.45) is 5.96. The van der Waals surface area contributed by atoms with E-state index >= 15 is 0 Å². The molecule has 0 bridgehead atoms. The first-order valence-corrected chi connectivity index (χ1v) is 8.76. The minimum absolute atomic E-state index is 0.0172. The van der Waals surface area contributed by atoms with E-state index in [0.717, 1.165) is 5.76 Å². The zero-order chi connectivity index (χ0) is 17.4. The molecule has 1 aliphatic heterocycles. The smallest absolute Gasteiger partial charge is 0.230 e. The summed E-state index contributed by atoms with van der Waals surface area (Å²) in [4.78, 5) is 26.5. The van der Waals surface area contributed by atoms with Gasteiger partial charge in [-0.1, -0.05) is 0 Å². The third kappa shape index (κ3) is 3.31. The predicted molar refractivity (Wildman–Crippen MR) is 90.5 cm³/mol. The topological polar surface area (TPSA) is 80.4 Å². The molecule has 0 aromatic carbocycles. The molecule has 7 heteroatoms. The minimum atomic E-state index is -0.345. The molecule has 2 aromatic rings. The number of aromatic nitrogens is 2. The summed E-state index contributed by atoms with van der Waals surface area (Å²) in [5, 5.41) is 7.30. The van der Waals surface area contributed by atoms with Crippen LogP contribution in [0.25, 0.3) is 0 Å². The molecule has 2 amide bonds. The van der Waals surface area contributed by atoms with E-state index in [4.69, 9.17) is 4.42 Å². The van der Waals surface area contributed by atoms with Gasteiger partial charge in [0.05, 0.1) is 31.0 Å². The van der Waals surface area contributed by atoms with Crippen molar-refractivity contribution in [2.45, 2.75) is 38.8 Å². The van der Waals surface area contributed by atoms with E-state index in [-0.39, 0.29) is 30.2 Å². The Morgan fingerprint density at radius 3 is 3.00 bits per heavy atom. The van der Waals surface area contributed by atoms with Crippen molar-refractivity contribution in [3.63, 3.8) is 0 Å². The number of furan rings is 1. The predicted octanol–water partition coefficient (Wildman–Crippen LogP) is 2.43. The molecule has 1 saturated carbocycles. The van der Waals surface area contributed by atoms with Crippen LogP contribution in [-0.2, 0) is 16.1 Å². The van der Waals surface area contributed by atoms with Crippen LogP contribution >= 0.6 is 0 Å². The lowest BCUT2D eigenvalue weighted by atomic mass is 10.1. The molecule has 25 heavy (non-hydrogen) atoms. The van der Waals surface area contributed by atoms with Gasteiger partial charge in [0.2, 0.25) is 11.8 Å². The van der Waals surface area contributed by atoms with Crippen molar-refractivity contribution in [2.75, 3.05) is 11.9 Å². The van der Waals surface area contributed by atoms with Gasteiger partial charge in [-0.05, 0) is 37.8 Å². The van der Waals surface area contributed by atoms with Gasteiger partial charge in [0.25, 0.3) is 0 Å². The SMILES string of the molecule is C[C@H](C1CC1)n1nccc1NC(=O)[C@@H]1CC(=O)N(Cc2ccco2)C1. The molecule has 0 spiro atoms. The lowest BCUT2D eigenvalue weighted by Gasteiger charge is -2.17. The lowest BCUT2D eigenvalue weighted by molar-refractivity contribution is -0.128. The standard InChI is InChI=1S/C18H22N4O3/c1-12(13-4-5-13)22-16(6-7-19-22)20-18(24)14-9-17(23)21(10-14)11-15-3-2-8-25-15/h2-3,6-8,12-14H,4-5,9-11H2,1H3,(H,20,24)/t12-,14-/m1/s1. The van der Waals surface area contributed by atoms with Gasteiger partial charge in [0.1, 0.15) is 11.6 Å². The van der Waals surface area contributed by atoms with Crippen molar-refractivity contribution >= 4 is 17.6 Å². The van der Waals surface area contributed by atoms with Crippen LogP contribution in [0.4, 0.5) is 5.82 Å². The minimum Gasteiger partial charge on any atom is -0.467 e. The maximum Gasteiger partial charge on any atom is 0.230 e. The summed E-state index contributed by atoms with van der Waals surface area (Å²) in [5.74, 6) is 1.60. The van der Waals surface area contributed by atoms with Crippen LogP contribution in [0.5, 0.6) is 0 Å². The van der Waals surface area contributed by atoms with Gasteiger partial charge in [-0.2, -0.15) is 5.10 Å². The number of amides is 2. The molecule has 4 rings (SSSR count). The van der Waals surface area contributed by atoms with Crippen molar-refractivity contribution in [3.05, 3.63) is 36.4 Å². The fraction of sp³-hybridized carbons (Fsp3) is 0.500. The fourth-order valence-electron chi connectivity index (χ4n) is 3.44. The van der Waals surface area contributed by atoms with E-state index in [9.17, 15) is 9.59 Å². The highest BCUT2D eigenvalue weighted by molar-refractivity contribution is 5.96. The zero-order valence-corrected chi connectivity index (χ0v) is 14.2. The van der Waals surface area contributed by atoms with E-state index in [1.165, 1.54) is 12.8 Å². The molecule has 2 aliphatic rings. The molecule has 0 unspecified atom stereocenters. The van der Waals surface area contributed by atoms with Crippen molar-refractivity contribution < 1.29 is 14.0 Å². The Labute approximate surface area is 146 Å². The molecule has 132 valence electrons. The first-order chi connectivity index (χ1) is 12.1. The van der Waals surface area contributed by atoms with Crippen molar-refractivity contribution in [1.82, 2.24) is 14.7 Å². The summed E-state index contributed by atoms with van der Waals surface area (Å²) in [6.45, 7) is 2.95. The van der Waals surface area contributed by atoms with Crippen molar-refractivity contribution in [1.29, 1.82) is 0 Å². The highest BCUT2D eigenvalue weighted by Crippen LogP contribution is 2.40. The van der Waals surface area contributed by atoms with E-state index in [2.05, 4.69) is 17.3 Å². The third-order valence-electron chi connectivity index (χ3n) is 5.12. The van der Waals surface area contributed by atoms with E-state index < -0.39 is 0 Å². The van der Waals surface area contributed by atoms with Crippen LogP contribution in [0.3, 0.4) is 0 Å². The number of rotatable bonds is 6. The molecule has 2 aromatic heterocycles. The molecule has 2 atom stereocenters. The Hall–Kier alpha value is -2.57. The molecular weight excluding hydrogens is 320 g/mol. The zero-order valence-electron chi connectivity index (χ0n) is 14.2. The summed E-state index contributed by atoms with van der Waals surface area (Å²) in [5.41, 5.74) is 0. The van der Waals surface area contributed by atoms with Crippen LogP contribution in [0.1, 0.15) is 38.0 Å². The molecule has 0 radical (unpaired) electrons. The van der Waals surface area contributed by atoms with Crippen LogP contribution in [0, 0.1) is 11.8 Å². The normalized spacial score (nSPS) is 21.6. The van der Waals surface area contributed by atoms with Crippen LogP contribution in [0.2, 0.25) is 0 Å². The monoisotopic (exact) mass is 342 g/mol. The van der Waals surface area contributed by atoms with Gasteiger partial charge >= 0.3 is 0 Å². The summed E-state index contributed by atoms with van der Waals surface area (Å²) in [6, 6.07) is 5.72. The Kier molecular flexibility index (Phi) is 4.07. The second-order valence-corrected chi connectivity index (χ2v) is 6.98. The molecule has 1 saturated heterocycles. The van der Waals surface area contributed by atoms with Gasteiger partial charge in [0.15, 0.2) is 0 Å². The second-order valence-electron chi connectivity index (χ2n) is 6.98. The quantitative estimate of drug-likeness (QED) is 0.874. The maximum absolute atomic E-state index is 12.6. The first kappa shape index (κ1) is 15.9. The average molecular weight is 342 g/mol. The first-order valence-electron chi connectivity index (χ1n) is 8.76. The Morgan fingerprint density at radius 2 is 2.28 bits per heavy atom. The highest BCUT2D eigenvalue weighted by atomic mass is 16.3. The van der Waals surface area contributed by atoms with Gasteiger partial charge < -0.3 is 14.6 Å². The van der Waals surface area contributed by atoms with Crippen LogP contribution < -0.4 is 5.32 Å². The van der Waals surface area contributed by atoms with E-state index in [0.29, 0.717) is 24.8 Å². The van der Waals surface area contributed by atoms with Crippen molar-refractivity contribution in [3.8, 4) is 0 Å². The van der Waals surface area contributed by atoms with E-state index in [1.54, 1.807) is 23.4 Å². The number of hydrogen-bond donors (Lipinski definition) is 1. The fourth-order valence-corrected chi connectivity index (χ4v) is 3.44. The molecule has 1 aliphatic carbocycles. The molecular formula is C18H22N4O3. The summed E-state index contributed by atoms with van der Waals surface area (Å²) < 4.78 is 7.17. The summed E-state index contributed by atoms with van der Waals surface area (Å²) in [7, 11) is 0. The Bertz CT molecular complexity index is 763. The largest absolute Gasteiger partial charge is 0.467 e. The maximum atomic E-state index is 12.6. The van der Waals surface area contributed by atoms with Crippen LogP contribution in [0.15, 0.2) is 35.1 Å². The highest BCUT2D eigenvalue weighted by Gasteiger charge is 2.36. The number of anilines is 1. The second kappa shape index (κ2) is 6.38. The molecule has 2 fully saturated rings. The van der Waals surface area contributed by atoms with Crippen LogP contribution in [-0.4, -0.2) is 33.0 Å². The van der Waals surface area contributed by atoms with Gasteiger partial charge in [-0.3, -0.25) is 9.59 Å². The number of nitrogens with zero attached hydrogens (tertiary/aromatic N) is 3. The number of likely N-dealkylation sites (tertiary alicyclic amines) is 1. The van der Waals surface area contributed by atoms with Gasteiger partial charge in [-0.15, -0.1) is 0 Å². The number of carbonyl (C=O) groups excluding carboxylic acids is 2. The van der Waals surface area contributed by atoms with Gasteiger partial charge in [-0.25, -0.2) is 4.68 Å². The van der Waals surface area contributed by atoms with Crippen molar-refractivity contribution in [2.24, 2.45) is 11.8 Å². The van der Waals surface area contributed by atoms with E-state index in [1.807, 2.05) is 16.8 Å². The molecule has 7 nitrogen and oxygen atoms in total. The Morgan fingerprint density at radius 1 is 1.44 bits per heavy atom. The molecule has 3 heterocycles. The summed E-state index contributed by atoms with van der Waals surface area (Å²) >= 11 is 0. The Balaban J connectivity index is 1.39. The molecule has 1 N–H and O–H groups in total. The lowest BCUT2D eigenvalue weighted by Crippen LogP contribution is -2.28. The number of hydrogen-bond acceptors (Lipinski definition) is 4.